The Kier molecular flexibility index (Phi) is 6.36. The molecular weight excluding hydrogens is 500 g/mol. The molecule has 6 atom stereocenters. The van der Waals surface area contributed by atoms with E-state index in [1.165, 1.54) is 0 Å². The normalized spacial score (nSPS) is 32.0. The van der Waals surface area contributed by atoms with Gasteiger partial charge in [0.1, 0.15) is 17.8 Å². The molecule has 0 spiro atoms. The number of aromatic amines is 1. The highest BCUT2D eigenvalue weighted by Crippen LogP contribution is 2.66. The van der Waals surface area contributed by atoms with Gasteiger partial charge in [0.05, 0.1) is 19.4 Å². The third-order valence-electron chi connectivity index (χ3n) is 4.09. The zero-order chi connectivity index (χ0) is 23.4. The second-order valence-electron chi connectivity index (χ2n) is 6.30. The number of aromatic nitrogens is 2. The maximum absolute atomic E-state index is 13.5. The van der Waals surface area contributed by atoms with Crippen LogP contribution in [-0.4, -0.2) is 65.3 Å². The van der Waals surface area contributed by atoms with Crippen LogP contribution >= 0.6 is 23.5 Å². The highest BCUT2D eigenvalue weighted by atomic mass is 31.3. The minimum absolute atomic E-state index is 0.480. The molecule has 2 saturated heterocycles. The molecule has 2 aliphatic rings. The zero-order valence-corrected chi connectivity index (χ0v) is 17.4. The van der Waals surface area contributed by atoms with Crippen LogP contribution in [0.2, 0.25) is 0 Å². The van der Waals surface area contributed by atoms with Crippen molar-refractivity contribution in [2.45, 2.75) is 24.0 Å². The van der Waals surface area contributed by atoms with Gasteiger partial charge in [-0.25, -0.2) is 18.5 Å². The third-order valence-corrected chi connectivity index (χ3v) is 7.88. The van der Waals surface area contributed by atoms with Crippen molar-refractivity contribution in [3.63, 3.8) is 0 Å². The van der Waals surface area contributed by atoms with Gasteiger partial charge in [0.15, 0.2) is 6.23 Å². The molecule has 17 nitrogen and oxygen atoms in total. The third kappa shape index (κ3) is 5.29. The molecule has 2 unspecified atom stereocenters. The van der Waals surface area contributed by atoms with Gasteiger partial charge in [-0.05, 0) is 0 Å². The minimum atomic E-state index is -5.77. The van der Waals surface area contributed by atoms with Gasteiger partial charge in [-0.15, -0.1) is 0 Å². The predicted molar refractivity (Wildman–Crippen MR) is 89.7 cm³/mol. The van der Waals surface area contributed by atoms with Crippen molar-refractivity contribution in [1.82, 2.24) is 9.55 Å². The summed E-state index contributed by atoms with van der Waals surface area (Å²) in [5.41, 5.74) is -4.39. The summed E-state index contributed by atoms with van der Waals surface area (Å²) in [5.74, 6) is -1.36. The molecule has 2 bridgehead atoms. The maximum Gasteiger partial charge on any atom is 0.490 e. The lowest BCUT2D eigenvalue weighted by atomic mass is 10.0. The van der Waals surface area contributed by atoms with Crippen LogP contribution in [0.3, 0.4) is 0 Å². The number of nitrogens with one attached hydrogen (secondary N) is 1. The number of halogens is 1. The van der Waals surface area contributed by atoms with Gasteiger partial charge < -0.3 is 34.2 Å². The molecule has 0 aromatic carbocycles. The molecule has 0 aliphatic carbocycles. The molecule has 1 aromatic heterocycles. The standard InChI is InChI=1S/C10H14FN2O15P3/c11-4-1-13(9(16)12-7(4)15)8-5-6(14)10(26-8,2-24-5)3-25-30(20,21)28-31(22,23)27-29(17,18)19/h1,5-6,8,14H,2-3H2,(H,20,21)(H,22,23)(H,12,15,16)(H2,17,18,19)/t5-,6+,8-,10-/m1/s1. The van der Waals surface area contributed by atoms with Gasteiger partial charge in [-0.1, -0.05) is 0 Å². The number of rotatable bonds is 8. The highest BCUT2D eigenvalue weighted by molar-refractivity contribution is 7.66. The lowest BCUT2D eigenvalue weighted by molar-refractivity contribution is -0.186. The Bertz CT molecular complexity index is 1130. The Hall–Kier alpha value is -1.10. The van der Waals surface area contributed by atoms with Crippen LogP contribution in [0, 0.1) is 5.82 Å². The summed E-state index contributed by atoms with van der Waals surface area (Å²) in [5, 5.41) is 10.4. The molecule has 3 rings (SSSR count). The van der Waals surface area contributed by atoms with Crippen LogP contribution in [-0.2, 0) is 36.3 Å². The lowest BCUT2D eigenvalue weighted by Gasteiger charge is -2.31. The number of phosphoric acid groups is 3. The van der Waals surface area contributed by atoms with E-state index in [9.17, 15) is 37.7 Å². The number of hydrogen-bond donors (Lipinski definition) is 6. The molecule has 0 radical (unpaired) electrons. The summed E-state index contributed by atoms with van der Waals surface area (Å²) in [6.45, 7) is -1.54. The van der Waals surface area contributed by atoms with E-state index in [4.69, 9.17) is 24.2 Å². The van der Waals surface area contributed by atoms with E-state index in [2.05, 4.69) is 13.1 Å². The Morgan fingerprint density at radius 1 is 1.19 bits per heavy atom. The van der Waals surface area contributed by atoms with Crippen molar-refractivity contribution in [2.75, 3.05) is 13.2 Å². The topological polar surface area (TPSA) is 253 Å². The minimum Gasteiger partial charge on any atom is -0.387 e. The molecule has 176 valence electrons. The molecular formula is C10H14FN2O15P3. The number of aliphatic hydroxyl groups excluding tert-OH is 1. The first-order valence-corrected chi connectivity index (χ1v) is 12.3. The summed E-state index contributed by atoms with van der Waals surface area (Å²) in [6, 6.07) is 0. The van der Waals surface area contributed by atoms with Crippen molar-refractivity contribution in [2.24, 2.45) is 0 Å². The Balaban J connectivity index is 1.75. The Labute approximate surface area is 169 Å². The number of H-pyrrole nitrogens is 1. The molecule has 31 heavy (non-hydrogen) atoms. The molecule has 0 saturated carbocycles. The second kappa shape index (κ2) is 8.04. The fraction of sp³-hybridized carbons (Fsp3) is 0.600. The van der Waals surface area contributed by atoms with Crippen molar-refractivity contribution < 1.29 is 65.4 Å². The maximum atomic E-state index is 13.5. The first-order chi connectivity index (χ1) is 14.0. The van der Waals surface area contributed by atoms with E-state index < -0.39 is 77.8 Å². The van der Waals surface area contributed by atoms with E-state index in [0.717, 1.165) is 0 Å². The van der Waals surface area contributed by atoms with Gasteiger partial charge in [0.2, 0.25) is 5.82 Å². The van der Waals surface area contributed by atoms with E-state index in [1.807, 2.05) is 0 Å². The van der Waals surface area contributed by atoms with Gasteiger partial charge >= 0.3 is 29.2 Å². The number of aliphatic hydroxyl groups is 1. The average Bonchev–Trinajstić information content (AvgIpc) is 3.03. The van der Waals surface area contributed by atoms with E-state index >= 15 is 0 Å². The molecule has 6 N–H and O–H groups in total. The van der Waals surface area contributed by atoms with Gasteiger partial charge in [0.25, 0.3) is 5.56 Å². The van der Waals surface area contributed by atoms with Crippen molar-refractivity contribution >= 4 is 23.5 Å². The Morgan fingerprint density at radius 3 is 2.45 bits per heavy atom. The lowest BCUT2D eigenvalue weighted by Crippen LogP contribution is -2.45. The van der Waals surface area contributed by atoms with Gasteiger partial charge in [0, 0.05) is 0 Å². The SMILES string of the molecule is O=c1[nH]c(=O)n([C@@H]2O[C@@]3(COP(=O)(O)OP(=O)(O)OP(=O)(O)O)CO[C@@H]2[C@@H]3O)cc1F. The van der Waals surface area contributed by atoms with E-state index in [1.54, 1.807) is 4.98 Å². The van der Waals surface area contributed by atoms with Crippen LogP contribution < -0.4 is 11.2 Å². The van der Waals surface area contributed by atoms with E-state index in [0.29, 0.717) is 10.8 Å². The van der Waals surface area contributed by atoms with Crippen LogP contribution in [0.1, 0.15) is 6.23 Å². The molecule has 3 heterocycles. The zero-order valence-electron chi connectivity index (χ0n) is 14.7. The van der Waals surface area contributed by atoms with Gasteiger partial charge in [-0.3, -0.25) is 18.9 Å². The summed E-state index contributed by atoms with van der Waals surface area (Å²) in [4.78, 5) is 60.3. The average molecular weight is 514 g/mol. The summed E-state index contributed by atoms with van der Waals surface area (Å²) < 4.78 is 70.1. The molecule has 21 heteroatoms. The number of nitrogens with zero attached hydrogens (tertiary/aromatic N) is 1. The highest BCUT2D eigenvalue weighted by Gasteiger charge is 2.63. The first kappa shape index (κ1) is 24.5. The second-order valence-corrected chi connectivity index (χ2v) is 10.7. The van der Waals surface area contributed by atoms with Crippen LogP contribution in [0.5, 0.6) is 0 Å². The predicted octanol–water partition coefficient (Wildman–Crippen LogP) is -1.95. The molecule has 2 aliphatic heterocycles. The van der Waals surface area contributed by atoms with Crippen LogP contribution in [0.15, 0.2) is 15.8 Å². The molecule has 2 fully saturated rings. The number of fused-ring (bicyclic) bond motifs is 2. The van der Waals surface area contributed by atoms with E-state index in [-0.39, 0.29) is 0 Å². The monoisotopic (exact) mass is 514 g/mol. The molecule has 1 aromatic rings. The van der Waals surface area contributed by atoms with Crippen LogP contribution in [0.25, 0.3) is 0 Å². The summed E-state index contributed by atoms with van der Waals surface area (Å²) >= 11 is 0. The fourth-order valence-corrected chi connectivity index (χ4v) is 5.96. The summed E-state index contributed by atoms with van der Waals surface area (Å²) in [7, 11) is -16.9. The fourth-order valence-electron chi connectivity index (χ4n) is 2.88. The van der Waals surface area contributed by atoms with Gasteiger partial charge in [-0.2, -0.15) is 13.0 Å². The van der Waals surface area contributed by atoms with Crippen molar-refractivity contribution in [3.05, 3.63) is 32.9 Å². The van der Waals surface area contributed by atoms with Crippen molar-refractivity contribution in [3.8, 4) is 0 Å². The van der Waals surface area contributed by atoms with Crippen LogP contribution in [0.4, 0.5) is 4.39 Å². The first-order valence-electron chi connectivity index (χ1n) is 7.81. The number of hydrogen-bond acceptors (Lipinski definition) is 11. The number of phosphoric ester groups is 1. The summed E-state index contributed by atoms with van der Waals surface area (Å²) in [6.07, 6.45) is -3.97. The number of ether oxygens (including phenoxy) is 2. The smallest absolute Gasteiger partial charge is 0.387 e. The Morgan fingerprint density at radius 2 is 1.84 bits per heavy atom. The quantitative estimate of drug-likeness (QED) is 0.206. The van der Waals surface area contributed by atoms with Crippen molar-refractivity contribution in [1.29, 1.82) is 0 Å². The molecule has 0 amide bonds. The largest absolute Gasteiger partial charge is 0.490 e.